The number of rotatable bonds is 5. The highest BCUT2D eigenvalue weighted by atomic mass is 16.5. The third kappa shape index (κ3) is 3.56. The molecular weight excluding hydrogens is 334 g/mol. The zero-order chi connectivity index (χ0) is 18.7. The van der Waals surface area contributed by atoms with Crippen molar-refractivity contribution in [1.82, 2.24) is 10.1 Å². The van der Waals surface area contributed by atoms with Crippen LogP contribution in [0, 0.1) is 13.8 Å². The summed E-state index contributed by atoms with van der Waals surface area (Å²) in [5, 5.41) is 7.05. The number of nitrogens with zero attached hydrogens (tertiary/aromatic N) is 2. The molecule has 26 heavy (non-hydrogen) atoms. The Labute approximate surface area is 150 Å². The molecule has 2 heterocycles. The number of benzene rings is 1. The minimum atomic E-state index is -0.566. The number of pyridine rings is 1. The van der Waals surface area contributed by atoms with E-state index in [1.54, 1.807) is 13.0 Å². The van der Waals surface area contributed by atoms with Gasteiger partial charge in [-0.3, -0.25) is 9.78 Å². The molecule has 0 spiro atoms. The third-order valence-corrected chi connectivity index (χ3v) is 4.00. The first-order valence-corrected chi connectivity index (χ1v) is 8.28. The average molecular weight is 353 g/mol. The summed E-state index contributed by atoms with van der Waals surface area (Å²) in [7, 11) is 0. The number of hydrogen-bond donors (Lipinski definition) is 1. The number of hydrogen-bond acceptors (Lipinski definition) is 6. The van der Waals surface area contributed by atoms with Crippen LogP contribution in [0.2, 0.25) is 0 Å². The van der Waals surface area contributed by atoms with Gasteiger partial charge in [0.05, 0.1) is 16.8 Å². The largest absolute Gasteiger partial charge is 0.452 e. The predicted octanol–water partition coefficient (Wildman–Crippen LogP) is 3.20. The fourth-order valence-corrected chi connectivity index (χ4v) is 2.77. The maximum absolute atomic E-state index is 12.6. The van der Waals surface area contributed by atoms with Gasteiger partial charge in [0.1, 0.15) is 5.76 Å². The van der Waals surface area contributed by atoms with E-state index in [9.17, 15) is 9.59 Å². The topological polar surface area (TPSA) is 94.3 Å². The normalized spacial score (nSPS) is 10.7. The van der Waals surface area contributed by atoms with Crippen molar-refractivity contribution >= 4 is 28.6 Å². The summed E-state index contributed by atoms with van der Waals surface area (Å²) in [5.74, 6) is -0.204. The van der Waals surface area contributed by atoms with E-state index in [4.69, 9.17) is 9.26 Å². The highest BCUT2D eigenvalue weighted by Crippen LogP contribution is 2.24. The summed E-state index contributed by atoms with van der Waals surface area (Å²) >= 11 is 0. The van der Waals surface area contributed by atoms with Crippen LogP contribution in [0.15, 0.2) is 34.9 Å². The van der Waals surface area contributed by atoms with Gasteiger partial charge in [-0.25, -0.2) is 4.79 Å². The van der Waals surface area contributed by atoms with Gasteiger partial charge in [-0.05, 0) is 31.9 Å². The van der Waals surface area contributed by atoms with Crippen LogP contribution in [0.1, 0.15) is 34.3 Å². The van der Waals surface area contributed by atoms with Gasteiger partial charge >= 0.3 is 5.97 Å². The monoisotopic (exact) mass is 353 g/mol. The molecule has 3 rings (SSSR count). The lowest BCUT2D eigenvalue weighted by atomic mass is 10.0. The number of nitrogens with one attached hydrogen (secondary N) is 1. The minimum Gasteiger partial charge on any atom is -0.452 e. The van der Waals surface area contributed by atoms with Crippen LogP contribution >= 0.6 is 0 Å². The average Bonchev–Trinajstić information content (AvgIpc) is 3.04. The molecule has 0 aliphatic rings. The van der Waals surface area contributed by atoms with Crippen molar-refractivity contribution in [2.45, 2.75) is 27.2 Å². The number of esters is 1. The minimum absolute atomic E-state index is 0.279. The van der Waals surface area contributed by atoms with Crippen LogP contribution in [-0.2, 0) is 16.0 Å². The molecule has 134 valence electrons. The number of anilines is 1. The summed E-state index contributed by atoms with van der Waals surface area (Å²) in [4.78, 5) is 29.0. The van der Waals surface area contributed by atoms with E-state index >= 15 is 0 Å². The molecular formula is C19H19N3O4. The summed E-state index contributed by atoms with van der Waals surface area (Å²) in [5.41, 5.74) is 2.69. The standard InChI is InChI=1S/C19H19N3O4/c1-4-14-18(12(3)13-7-5-6-8-15(13)20-14)19(24)25-10-17(23)21-16-9-11(2)26-22-16/h5-9H,4,10H2,1-3H3,(H,21,22,23). The number of fused-ring (bicyclic) bond motifs is 1. The zero-order valence-electron chi connectivity index (χ0n) is 14.8. The summed E-state index contributed by atoms with van der Waals surface area (Å²) in [6.45, 7) is 5.08. The molecule has 7 heteroatoms. The molecule has 0 saturated heterocycles. The van der Waals surface area contributed by atoms with Gasteiger partial charge in [-0.15, -0.1) is 0 Å². The second-order valence-electron chi connectivity index (χ2n) is 5.88. The number of carbonyl (C=O) groups is 2. The van der Waals surface area contributed by atoms with Gasteiger partial charge in [0.25, 0.3) is 5.91 Å². The molecule has 0 aliphatic heterocycles. The Morgan fingerprint density at radius 3 is 2.69 bits per heavy atom. The highest BCUT2D eigenvalue weighted by Gasteiger charge is 2.20. The van der Waals surface area contributed by atoms with Gasteiger partial charge in [0.2, 0.25) is 0 Å². The van der Waals surface area contributed by atoms with Gasteiger partial charge in [0, 0.05) is 11.5 Å². The van der Waals surface area contributed by atoms with E-state index in [0.717, 1.165) is 16.5 Å². The molecule has 0 radical (unpaired) electrons. The fourth-order valence-electron chi connectivity index (χ4n) is 2.77. The third-order valence-electron chi connectivity index (χ3n) is 4.00. The van der Waals surface area contributed by atoms with Crippen molar-refractivity contribution in [3.8, 4) is 0 Å². The van der Waals surface area contributed by atoms with E-state index in [-0.39, 0.29) is 5.82 Å². The lowest BCUT2D eigenvalue weighted by Gasteiger charge is -2.13. The van der Waals surface area contributed by atoms with Crippen molar-refractivity contribution < 1.29 is 18.8 Å². The Morgan fingerprint density at radius 1 is 1.23 bits per heavy atom. The molecule has 0 fully saturated rings. The van der Waals surface area contributed by atoms with Crippen LogP contribution in [0.5, 0.6) is 0 Å². The molecule has 0 saturated carbocycles. The maximum atomic E-state index is 12.6. The first-order valence-electron chi connectivity index (χ1n) is 8.28. The molecule has 3 aromatic rings. The van der Waals surface area contributed by atoms with Crippen molar-refractivity contribution in [2.24, 2.45) is 0 Å². The fraction of sp³-hybridized carbons (Fsp3) is 0.263. The second kappa shape index (κ2) is 7.35. The number of amides is 1. The Kier molecular flexibility index (Phi) is 4.97. The molecule has 7 nitrogen and oxygen atoms in total. The number of ether oxygens (including phenoxy) is 1. The Bertz CT molecular complexity index is 978. The SMILES string of the molecule is CCc1nc2ccccc2c(C)c1C(=O)OCC(=O)Nc1cc(C)on1. The Balaban J connectivity index is 1.77. The molecule has 1 amide bonds. The Hall–Kier alpha value is -3.22. The lowest BCUT2D eigenvalue weighted by Crippen LogP contribution is -2.22. The van der Waals surface area contributed by atoms with E-state index in [1.807, 2.05) is 38.1 Å². The van der Waals surface area contributed by atoms with Gasteiger partial charge in [0.15, 0.2) is 12.4 Å². The van der Waals surface area contributed by atoms with E-state index < -0.39 is 18.5 Å². The molecule has 0 aliphatic carbocycles. The molecule has 0 bridgehead atoms. The van der Waals surface area contributed by atoms with Crippen LogP contribution in [0.3, 0.4) is 0 Å². The van der Waals surface area contributed by atoms with Crippen molar-refractivity contribution in [1.29, 1.82) is 0 Å². The smallest absolute Gasteiger partial charge is 0.340 e. The van der Waals surface area contributed by atoms with Crippen LogP contribution in [0.25, 0.3) is 10.9 Å². The molecule has 1 N–H and O–H groups in total. The van der Waals surface area contributed by atoms with E-state index in [0.29, 0.717) is 23.4 Å². The summed E-state index contributed by atoms with van der Waals surface area (Å²) in [6.07, 6.45) is 0.584. The number of para-hydroxylation sites is 1. The zero-order valence-corrected chi connectivity index (χ0v) is 14.8. The van der Waals surface area contributed by atoms with Crippen molar-refractivity contribution in [3.05, 3.63) is 52.9 Å². The molecule has 0 unspecified atom stereocenters. The Morgan fingerprint density at radius 2 is 2.00 bits per heavy atom. The maximum Gasteiger partial charge on any atom is 0.340 e. The second-order valence-corrected chi connectivity index (χ2v) is 5.88. The number of aromatic nitrogens is 2. The van der Waals surface area contributed by atoms with Crippen LogP contribution in [0.4, 0.5) is 5.82 Å². The van der Waals surface area contributed by atoms with Gasteiger partial charge < -0.3 is 14.6 Å². The highest BCUT2D eigenvalue weighted by molar-refractivity contribution is 6.00. The summed E-state index contributed by atoms with van der Waals surface area (Å²) < 4.78 is 10.1. The van der Waals surface area contributed by atoms with Crippen LogP contribution in [-0.4, -0.2) is 28.6 Å². The van der Waals surface area contributed by atoms with Crippen LogP contribution < -0.4 is 5.32 Å². The predicted molar refractivity (Wildman–Crippen MR) is 96.0 cm³/mol. The first-order chi connectivity index (χ1) is 12.5. The van der Waals surface area contributed by atoms with Gasteiger partial charge in [-0.2, -0.15) is 0 Å². The van der Waals surface area contributed by atoms with Crippen molar-refractivity contribution in [3.63, 3.8) is 0 Å². The summed E-state index contributed by atoms with van der Waals surface area (Å²) in [6, 6.07) is 9.19. The first kappa shape index (κ1) is 17.6. The van der Waals surface area contributed by atoms with E-state index in [1.165, 1.54) is 0 Å². The lowest BCUT2D eigenvalue weighted by molar-refractivity contribution is -0.119. The van der Waals surface area contributed by atoms with E-state index in [2.05, 4.69) is 15.5 Å². The number of aryl methyl sites for hydroxylation is 3. The number of carbonyl (C=O) groups excluding carboxylic acids is 2. The molecule has 0 atom stereocenters. The quantitative estimate of drug-likeness (QED) is 0.708. The molecule has 2 aromatic heterocycles. The van der Waals surface area contributed by atoms with Crippen molar-refractivity contribution in [2.75, 3.05) is 11.9 Å². The molecule has 1 aromatic carbocycles. The van der Waals surface area contributed by atoms with Gasteiger partial charge in [-0.1, -0.05) is 30.3 Å².